The van der Waals surface area contributed by atoms with Gasteiger partial charge >= 0.3 is 18.0 Å². The molecule has 2 unspecified atom stereocenters. The number of aliphatic carboxylic acids is 2. The van der Waals surface area contributed by atoms with Gasteiger partial charge < -0.3 is 25.3 Å². The molecule has 0 saturated heterocycles. The Morgan fingerprint density at radius 1 is 1.33 bits per heavy atom. The summed E-state index contributed by atoms with van der Waals surface area (Å²) < 4.78 is 5.23. The molecule has 1 aromatic rings. The van der Waals surface area contributed by atoms with Crippen molar-refractivity contribution in [2.24, 2.45) is 0 Å². The number of amides is 2. The summed E-state index contributed by atoms with van der Waals surface area (Å²) in [6, 6.07) is -2.57. The van der Waals surface area contributed by atoms with E-state index < -0.39 is 30.1 Å². The van der Waals surface area contributed by atoms with Gasteiger partial charge in [0, 0.05) is 6.42 Å². The number of aryl methyl sites for hydroxylation is 1. The van der Waals surface area contributed by atoms with E-state index >= 15 is 0 Å². The summed E-state index contributed by atoms with van der Waals surface area (Å²) >= 11 is 0. The van der Waals surface area contributed by atoms with E-state index in [2.05, 4.69) is 15.6 Å². The number of hydrogen-bond donors (Lipinski definition) is 4. The molecule has 9 nitrogen and oxygen atoms in total. The molecule has 0 aliphatic rings. The van der Waals surface area contributed by atoms with Crippen molar-refractivity contribution in [3.63, 3.8) is 0 Å². The largest absolute Gasteiger partial charge is 0.481 e. The van der Waals surface area contributed by atoms with Crippen LogP contribution in [0.2, 0.25) is 0 Å². The summed E-state index contributed by atoms with van der Waals surface area (Å²) in [4.78, 5) is 37.0. The van der Waals surface area contributed by atoms with Gasteiger partial charge in [-0.25, -0.2) is 14.6 Å². The van der Waals surface area contributed by atoms with Gasteiger partial charge in [0.1, 0.15) is 17.8 Å². The molecular formula is C12H17N3O6. The number of nitrogens with zero attached hydrogens (tertiary/aromatic N) is 1. The molecule has 2 atom stereocenters. The van der Waals surface area contributed by atoms with E-state index in [9.17, 15) is 14.4 Å². The summed E-state index contributed by atoms with van der Waals surface area (Å²) in [5, 5.41) is 22.1. The number of nitrogens with one attached hydrogen (secondary N) is 2. The molecule has 1 rings (SSSR count). The number of oxazole rings is 1. The Morgan fingerprint density at radius 3 is 2.48 bits per heavy atom. The predicted molar refractivity (Wildman–Crippen MR) is 69.6 cm³/mol. The molecule has 0 spiro atoms. The van der Waals surface area contributed by atoms with Gasteiger partial charge in [0.2, 0.25) is 5.89 Å². The smallest absolute Gasteiger partial charge is 0.326 e. The van der Waals surface area contributed by atoms with Gasteiger partial charge in [-0.15, -0.1) is 0 Å². The summed E-state index contributed by atoms with van der Waals surface area (Å²) in [7, 11) is 0. The molecule has 1 heterocycles. The zero-order valence-electron chi connectivity index (χ0n) is 11.6. The fourth-order valence-corrected chi connectivity index (χ4v) is 1.56. The molecule has 2 amide bonds. The van der Waals surface area contributed by atoms with Gasteiger partial charge in [-0.05, 0) is 20.3 Å². The fourth-order valence-electron chi connectivity index (χ4n) is 1.56. The highest BCUT2D eigenvalue weighted by atomic mass is 16.4. The van der Waals surface area contributed by atoms with Gasteiger partial charge in [0.25, 0.3) is 0 Å². The maximum Gasteiger partial charge on any atom is 0.326 e. The second-order valence-corrected chi connectivity index (χ2v) is 4.47. The summed E-state index contributed by atoms with van der Waals surface area (Å²) in [6.45, 7) is 3.33. The van der Waals surface area contributed by atoms with Gasteiger partial charge in [-0.2, -0.15) is 0 Å². The fraction of sp³-hybridized carbons (Fsp3) is 0.500. The number of rotatable bonds is 7. The first-order chi connectivity index (χ1) is 9.79. The molecule has 0 saturated carbocycles. The van der Waals surface area contributed by atoms with Crippen LogP contribution in [0.3, 0.4) is 0 Å². The lowest BCUT2D eigenvalue weighted by atomic mass is 10.1. The van der Waals surface area contributed by atoms with Crippen LogP contribution < -0.4 is 10.6 Å². The molecule has 4 N–H and O–H groups in total. The van der Waals surface area contributed by atoms with Gasteiger partial charge in [0.05, 0.1) is 6.20 Å². The molecular weight excluding hydrogens is 282 g/mol. The average molecular weight is 299 g/mol. The van der Waals surface area contributed by atoms with Crippen LogP contribution in [0.25, 0.3) is 0 Å². The van der Waals surface area contributed by atoms with E-state index in [1.807, 2.05) is 0 Å². The van der Waals surface area contributed by atoms with Crippen molar-refractivity contribution < 1.29 is 29.0 Å². The Kier molecular flexibility index (Phi) is 5.70. The van der Waals surface area contributed by atoms with E-state index in [-0.39, 0.29) is 12.8 Å². The molecule has 0 fully saturated rings. The third kappa shape index (κ3) is 5.51. The number of carbonyl (C=O) groups excluding carboxylic acids is 1. The molecule has 1 aromatic heterocycles. The zero-order chi connectivity index (χ0) is 16.0. The maximum atomic E-state index is 11.7. The normalized spacial score (nSPS) is 13.2. The summed E-state index contributed by atoms with van der Waals surface area (Å²) in [6.07, 6.45) is 0.939. The van der Waals surface area contributed by atoms with Crippen LogP contribution in [0.5, 0.6) is 0 Å². The first-order valence-corrected chi connectivity index (χ1v) is 6.23. The van der Waals surface area contributed by atoms with Crippen molar-refractivity contribution in [3.05, 3.63) is 17.8 Å². The first kappa shape index (κ1) is 16.5. The zero-order valence-corrected chi connectivity index (χ0v) is 11.6. The van der Waals surface area contributed by atoms with Crippen molar-refractivity contribution in [3.8, 4) is 0 Å². The highest BCUT2D eigenvalue weighted by molar-refractivity contribution is 5.83. The minimum absolute atomic E-state index is 0.204. The Labute approximate surface area is 120 Å². The van der Waals surface area contributed by atoms with Crippen LogP contribution in [0, 0.1) is 6.92 Å². The lowest BCUT2D eigenvalue weighted by molar-refractivity contribution is -0.140. The van der Waals surface area contributed by atoms with E-state index in [0.29, 0.717) is 11.7 Å². The molecule has 0 bridgehead atoms. The topological polar surface area (TPSA) is 142 Å². The van der Waals surface area contributed by atoms with E-state index in [4.69, 9.17) is 14.6 Å². The van der Waals surface area contributed by atoms with Gasteiger partial charge in [-0.3, -0.25) is 4.79 Å². The van der Waals surface area contributed by atoms with Crippen LogP contribution in [0.1, 0.15) is 37.5 Å². The molecule has 0 radical (unpaired) electrons. The molecule has 0 aliphatic carbocycles. The predicted octanol–water partition coefficient (Wildman–Crippen LogP) is 0.661. The third-order valence-corrected chi connectivity index (χ3v) is 2.61. The van der Waals surface area contributed by atoms with Crippen molar-refractivity contribution >= 4 is 18.0 Å². The van der Waals surface area contributed by atoms with E-state index in [1.54, 1.807) is 13.8 Å². The number of carboxylic acid groups (broad SMARTS) is 2. The Hall–Kier alpha value is -2.58. The molecule has 21 heavy (non-hydrogen) atoms. The van der Waals surface area contributed by atoms with Crippen molar-refractivity contribution in [2.75, 3.05) is 0 Å². The highest BCUT2D eigenvalue weighted by Crippen LogP contribution is 2.11. The highest BCUT2D eigenvalue weighted by Gasteiger charge is 2.22. The van der Waals surface area contributed by atoms with Crippen molar-refractivity contribution in [1.29, 1.82) is 0 Å². The Bertz CT molecular complexity index is 527. The number of aromatic nitrogens is 1. The Morgan fingerprint density at radius 2 is 2.00 bits per heavy atom. The number of hydrogen-bond acceptors (Lipinski definition) is 5. The summed E-state index contributed by atoms with van der Waals surface area (Å²) in [5.74, 6) is -1.55. The lowest BCUT2D eigenvalue weighted by Gasteiger charge is -2.16. The Balaban J connectivity index is 2.53. The van der Waals surface area contributed by atoms with Crippen molar-refractivity contribution in [2.45, 2.75) is 38.8 Å². The standard InChI is InChI=1S/C12H17N3O6/c1-6-5-13-10(21-6)7(2)14-12(20)15-8(11(18)19)3-4-9(16)17/h5,7-8H,3-4H2,1-2H3,(H,16,17)(H,18,19)(H2,14,15,20). The average Bonchev–Trinajstić information content (AvgIpc) is 2.80. The van der Waals surface area contributed by atoms with Gasteiger partial charge in [0.15, 0.2) is 0 Å². The SMILES string of the molecule is Cc1cnc(C(C)NC(=O)NC(CCC(=O)O)C(=O)O)o1. The van der Waals surface area contributed by atoms with Crippen LogP contribution >= 0.6 is 0 Å². The second kappa shape index (κ2) is 7.27. The van der Waals surface area contributed by atoms with E-state index in [0.717, 1.165) is 0 Å². The van der Waals surface area contributed by atoms with Crippen LogP contribution in [-0.4, -0.2) is 39.2 Å². The molecule has 116 valence electrons. The third-order valence-electron chi connectivity index (χ3n) is 2.61. The number of carboxylic acids is 2. The molecule has 9 heteroatoms. The first-order valence-electron chi connectivity index (χ1n) is 6.23. The summed E-state index contributed by atoms with van der Waals surface area (Å²) in [5.41, 5.74) is 0. The van der Waals surface area contributed by atoms with Crippen molar-refractivity contribution in [1.82, 2.24) is 15.6 Å². The van der Waals surface area contributed by atoms with Crippen LogP contribution in [-0.2, 0) is 9.59 Å². The number of urea groups is 1. The molecule has 0 aromatic carbocycles. The van der Waals surface area contributed by atoms with Crippen LogP contribution in [0.4, 0.5) is 4.79 Å². The lowest BCUT2D eigenvalue weighted by Crippen LogP contribution is -2.46. The second-order valence-electron chi connectivity index (χ2n) is 4.47. The minimum atomic E-state index is -1.30. The van der Waals surface area contributed by atoms with Gasteiger partial charge in [-0.1, -0.05) is 0 Å². The monoisotopic (exact) mass is 299 g/mol. The maximum absolute atomic E-state index is 11.7. The number of carbonyl (C=O) groups is 3. The minimum Gasteiger partial charge on any atom is -0.481 e. The van der Waals surface area contributed by atoms with E-state index in [1.165, 1.54) is 6.20 Å². The molecule has 0 aliphatic heterocycles. The van der Waals surface area contributed by atoms with Crippen LogP contribution in [0.15, 0.2) is 10.6 Å². The quantitative estimate of drug-likeness (QED) is 0.579.